The molecule has 0 aliphatic carbocycles. The largest absolute Gasteiger partial charge is 0.370 e. The third-order valence-electron chi connectivity index (χ3n) is 4.20. The second-order valence-corrected chi connectivity index (χ2v) is 5.18. The highest BCUT2D eigenvalue weighted by molar-refractivity contribution is 6.02. The Hall–Kier alpha value is -1.93. The first-order valence-corrected chi connectivity index (χ1v) is 7.42. The number of rotatable bonds is 6. The monoisotopic (exact) mass is 282 g/mol. The molecule has 0 fully saturated rings. The van der Waals surface area contributed by atoms with E-state index in [0.29, 0.717) is 18.4 Å². The molecule has 0 aliphatic heterocycles. The quantitative estimate of drug-likeness (QED) is 0.715. The maximum atomic E-state index is 12.7. The molecule has 21 heavy (non-hydrogen) atoms. The van der Waals surface area contributed by atoms with E-state index in [-0.39, 0.29) is 5.78 Å². The van der Waals surface area contributed by atoms with Gasteiger partial charge in [-0.05, 0) is 24.0 Å². The Balaban J connectivity index is 2.29. The zero-order chi connectivity index (χ0) is 15.3. The smallest absolute Gasteiger partial charge is 0.194 e. The van der Waals surface area contributed by atoms with Crippen molar-refractivity contribution in [1.82, 2.24) is 0 Å². The molecule has 0 saturated heterocycles. The Morgan fingerprint density at radius 3 is 1.90 bits per heavy atom. The number of benzene rings is 2. The summed E-state index contributed by atoms with van der Waals surface area (Å²) >= 11 is 0. The second-order valence-electron chi connectivity index (χ2n) is 5.18. The molecule has 0 amide bonds. The van der Waals surface area contributed by atoms with Gasteiger partial charge in [-0.25, -0.2) is 0 Å². The van der Waals surface area contributed by atoms with Crippen molar-refractivity contribution in [2.24, 2.45) is 0 Å². The number of ketones is 1. The highest BCUT2D eigenvalue weighted by atomic mass is 16.5. The molecular weight excluding hydrogens is 260 g/mol. The van der Waals surface area contributed by atoms with Crippen molar-refractivity contribution >= 4 is 5.78 Å². The molecule has 0 bridgehead atoms. The Morgan fingerprint density at radius 2 is 1.43 bits per heavy atom. The summed E-state index contributed by atoms with van der Waals surface area (Å²) in [6.45, 7) is 3.98. The van der Waals surface area contributed by atoms with Crippen LogP contribution in [0.5, 0.6) is 0 Å². The summed E-state index contributed by atoms with van der Waals surface area (Å²) in [5, 5.41) is 0. The number of methoxy groups -OCH3 is 1. The maximum Gasteiger partial charge on any atom is 0.194 e. The van der Waals surface area contributed by atoms with E-state index in [1.807, 2.05) is 56.3 Å². The summed E-state index contributed by atoms with van der Waals surface area (Å²) in [5.74, 6) is 0.0645. The summed E-state index contributed by atoms with van der Waals surface area (Å²) in [6.07, 6.45) is 1.36. The van der Waals surface area contributed by atoms with Crippen molar-refractivity contribution in [3.8, 4) is 11.1 Å². The Kier molecular flexibility index (Phi) is 4.92. The molecule has 2 rings (SSSR count). The Labute approximate surface area is 126 Å². The predicted molar refractivity (Wildman–Crippen MR) is 86.5 cm³/mol. The SMILES string of the molecule is CCC(CC)(OC)C(=O)c1ccc(-c2ccccc2)cc1. The zero-order valence-corrected chi connectivity index (χ0v) is 12.9. The predicted octanol–water partition coefficient (Wildman–Crippen LogP) is 4.74. The first-order chi connectivity index (χ1) is 10.2. The van der Waals surface area contributed by atoms with Crippen molar-refractivity contribution in [3.63, 3.8) is 0 Å². The van der Waals surface area contributed by atoms with Crippen LogP contribution >= 0.6 is 0 Å². The minimum absolute atomic E-state index is 0.0645. The molecule has 0 N–H and O–H groups in total. The fourth-order valence-corrected chi connectivity index (χ4v) is 2.66. The van der Waals surface area contributed by atoms with E-state index in [2.05, 4.69) is 12.1 Å². The second kappa shape index (κ2) is 6.68. The van der Waals surface area contributed by atoms with E-state index in [1.54, 1.807) is 7.11 Å². The summed E-state index contributed by atoms with van der Waals surface area (Å²) in [7, 11) is 1.61. The van der Waals surface area contributed by atoms with Crippen LogP contribution in [0, 0.1) is 0 Å². The van der Waals surface area contributed by atoms with Crippen molar-refractivity contribution in [2.75, 3.05) is 7.11 Å². The number of Topliss-reactive ketones (excluding diaryl/α,β-unsaturated/α-hetero) is 1. The molecule has 2 nitrogen and oxygen atoms in total. The van der Waals surface area contributed by atoms with Crippen LogP contribution in [0.1, 0.15) is 37.0 Å². The molecule has 0 radical (unpaired) electrons. The summed E-state index contributed by atoms with van der Waals surface area (Å²) in [6, 6.07) is 17.9. The summed E-state index contributed by atoms with van der Waals surface area (Å²) < 4.78 is 5.52. The van der Waals surface area contributed by atoms with Gasteiger partial charge in [-0.2, -0.15) is 0 Å². The third kappa shape index (κ3) is 3.06. The van der Waals surface area contributed by atoms with Gasteiger partial charge in [0.05, 0.1) is 0 Å². The molecular formula is C19H22O2. The number of hydrogen-bond acceptors (Lipinski definition) is 2. The molecule has 0 aromatic heterocycles. The zero-order valence-electron chi connectivity index (χ0n) is 12.9. The number of carbonyl (C=O) groups excluding carboxylic acids is 1. The molecule has 0 spiro atoms. The van der Waals surface area contributed by atoms with E-state index >= 15 is 0 Å². The first-order valence-electron chi connectivity index (χ1n) is 7.42. The van der Waals surface area contributed by atoms with Crippen LogP contribution in [0.4, 0.5) is 0 Å². The molecule has 110 valence electrons. The van der Waals surface area contributed by atoms with E-state index in [1.165, 1.54) is 0 Å². The van der Waals surface area contributed by atoms with Crippen molar-refractivity contribution in [3.05, 3.63) is 60.2 Å². The molecule has 0 saturated carbocycles. The summed E-state index contributed by atoms with van der Waals surface area (Å²) in [5.41, 5.74) is 2.28. The molecule has 0 aliphatic rings. The standard InChI is InChI=1S/C19H22O2/c1-4-19(5-2,21-3)18(20)17-13-11-16(12-14-17)15-9-7-6-8-10-15/h6-14H,4-5H2,1-3H3. The number of ether oxygens (including phenoxy) is 1. The lowest BCUT2D eigenvalue weighted by Gasteiger charge is -2.28. The van der Waals surface area contributed by atoms with Crippen LogP contribution in [-0.4, -0.2) is 18.5 Å². The lowest BCUT2D eigenvalue weighted by molar-refractivity contribution is -0.00261. The van der Waals surface area contributed by atoms with E-state index < -0.39 is 5.60 Å². The lowest BCUT2D eigenvalue weighted by atomic mass is 9.87. The Morgan fingerprint density at radius 1 is 0.905 bits per heavy atom. The minimum atomic E-state index is -0.700. The third-order valence-corrected chi connectivity index (χ3v) is 4.20. The van der Waals surface area contributed by atoms with Gasteiger partial charge in [0.25, 0.3) is 0 Å². The molecule has 0 heterocycles. The highest BCUT2D eigenvalue weighted by Crippen LogP contribution is 2.26. The average molecular weight is 282 g/mol. The van der Waals surface area contributed by atoms with Gasteiger partial charge in [0, 0.05) is 12.7 Å². The highest BCUT2D eigenvalue weighted by Gasteiger charge is 2.35. The van der Waals surface area contributed by atoms with Crippen LogP contribution in [0.25, 0.3) is 11.1 Å². The fourth-order valence-electron chi connectivity index (χ4n) is 2.66. The lowest BCUT2D eigenvalue weighted by Crippen LogP contribution is -2.39. The van der Waals surface area contributed by atoms with Crippen LogP contribution in [0.2, 0.25) is 0 Å². The molecule has 2 heteroatoms. The van der Waals surface area contributed by atoms with Gasteiger partial charge in [0.15, 0.2) is 5.78 Å². The van der Waals surface area contributed by atoms with Crippen molar-refractivity contribution < 1.29 is 9.53 Å². The van der Waals surface area contributed by atoms with Gasteiger partial charge >= 0.3 is 0 Å². The number of hydrogen-bond donors (Lipinski definition) is 0. The summed E-state index contributed by atoms with van der Waals surface area (Å²) in [4.78, 5) is 12.7. The van der Waals surface area contributed by atoms with Gasteiger partial charge in [-0.3, -0.25) is 4.79 Å². The molecule has 0 atom stereocenters. The van der Waals surface area contributed by atoms with Crippen LogP contribution in [0.15, 0.2) is 54.6 Å². The minimum Gasteiger partial charge on any atom is -0.370 e. The van der Waals surface area contributed by atoms with Gasteiger partial charge < -0.3 is 4.74 Å². The average Bonchev–Trinajstić information content (AvgIpc) is 2.58. The van der Waals surface area contributed by atoms with Crippen LogP contribution in [0.3, 0.4) is 0 Å². The van der Waals surface area contributed by atoms with Crippen LogP contribution < -0.4 is 0 Å². The van der Waals surface area contributed by atoms with Crippen LogP contribution in [-0.2, 0) is 4.74 Å². The molecule has 0 unspecified atom stereocenters. The van der Waals surface area contributed by atoms with Gasteiger partial charge in [0.1, 0.15) is 5.60 Å². The first kappa shape index (κ1) is 15.5. The van der Waals surface area contributed by atoms with Crippen molar-refractivity contribution in [2.45, 2.75) is 32.3 Å². The van der Waals surface area contributed by atoms with Gasteiger partial charge in [-0.1, -0.05) is 68.4 Å². The maximum absolute atomic E-state index is 12.7. The van der Waals surface area contributed by atoms with Gasteiger partial charge in [-0.15, -0.1) is 0 Å². The normalized spacial score (nSPS) is 11.4. The fraction of sp³-hybridized carbons (Fsp3) is 0.316. The topological polar surface area (TPSA) is 26.3 Å². The van der Waals surface area contributed by atoms with E-state index in [4.69, 9.17) is 4.74 Å². The number of carbonyl (C=O) groups is 1. The van der Waals surface area contributed by atoms with E-state index in [0.717, 1.165) is 11.1 Å². The Bertz CT molecular complexity index is 572. The van der Waals surface area contributed by atoms with Gasteiger partial charge in [0.2, 0.25) is 0 Å². The van der Waals surface area contributed by atoms with E-state index in [9.17, 15) is 4.79 Å². The van der Waals surface area contributed by atoms with Crippen molar-refractivity contribution in [1.29, 1.82) is 0 Å². The molecule has 2 aromatic rings. The molecule has 2 aromatic carbocycles.